The molecular weight excluding hydrogens is 215 g/mol. The molecule has 0 aromatic heterocycles. The lowest BCUT2D eigenvalue weighted by atomic mass is 10.3. The first kappa shape index (κ1) is 12.1. The Morgan fingerprint density at radius 3 is 2.69 bits per heavy atom. The summed E-state index contributed by atoms with van der Waals surface area (Å²) in [4.78, 5) is 22.3. The van der Waals surface area contributed by atoms with Crippen molar-refractivity contribution in [3.05, 3.63) is 30.1 Å². The highest BCUT2D eigenvalue weighted by Gasteiger charge is 2.12. The molecule has 0 aliphatic rings. The number of benzene rings is 1. The molecule has 6 heteroatoms. The van der Waals surface area contributed by atoms with Crippen LogP contribution in [0.25, 0.3) is 0 Å². The zero-order chi connectivity index (χ0) is 12.0. The normalized spacial score (nSPS) is 9.62. The molecule has 0 aliphatic heterocycles. The Morgan fingerprint density at radius 2 is 2.06 bits per heavy atom. The van der Waals surface area contributed by atoms with E-state index in [0.717, 1.165) is 6.07 Å². The quantitative estimate of drug-likeness (QED) is 0.628. The predicted molar refractivity (Wildman–Crippen MR) is 55.1 cm³/mol. The van der Waals surface area contributed by atoms with Crippen molar-refractivity contribution >= 4 is 17.5 Å². The van der Waals surface area contributed by atoms with Crippen LogP contribution in [0.1, 0.15) is 0 Å². The zero-order valence-electron chi connectivity index (χ0n) is 8.37. The van der Waals surface area contributed by atoms with Gasteiger partial charge in [-0.2, -0.15) is 0 Å². The summed E-state index contributed by atoms with van der Waals surface area (Å²) in [5.41, 5.74) is 0.198. The number of carbonyl (C=O) groups is 2. The molecule has 1 aromatic rings. The van der Waals surface area contributed by atoms with Crippen LogP contribution < -0.4 is 10.6 Å². The summed E-state index contributed by atoms with van der Waals surface area (Å²) in [6.07, 6.45) is 0. The first-order chi connectivity index (χ1) is 7.63. The minimum absolute atomic E-state index is 0.00456. The fourth-order valence-corrected chi connectivity index (χ4v) is 1.00. The topological polar surface area (TPSA) is 78.4 Å². The highest BCUT2D eigenvalue weighted by Crippen LogP contribution is 2.08. The maximum Gasteiger partial charge on any atom is 0.313 e. The zero-order valence-corrected chi connectivity index (χ0v) is 8.37. The highest BCUT2D eigenvalue weighted by molar-refractivity contribution is 6.39. The summed E-state index contributed by atoms with van der Waals surface area (Å²) >= 11 is 0. The third kappa shape index (κ3) is 3.66. The Morgan fingerprint density at radius 1 is 1.31 bits per heavy atom. The predicted octanol–water partition coefficient (Wildman–Crippen LogP) is -0.127. The van der Waals surface area contributed by atoms with Crippen LogP contribution in [0, 0.1) is 5.82 Å². The fourth-order valence-electron chi connectivity index (χ4n) is 1.00. The van der Waals surface area contributed by atoms with E-state index in [0.29, 0.717) is 0 Å². The van der Waals surface area contributed by atoms with Crippen LogP contribution in [0.15, 0.2) is 24.3 Å². The SMILES string of the molecule is O=C(NCCO)C(=O)Nc1cccc(F)c1. The van der Waals surface area contributed by atoms with Crippen LogP contribution in [0.3, 0.4) is 0 Å². The second-order valence-electron chi connectivity index (χ2n) is 2.94. The summed E-state index contributed by atoms with van der Waals surface area (Å²) in [5.74, 6) is -2.29. The van der Waals surface area contributed by atoms with Crippen LogP contribution in [-0.2, 0) is 9.59 Å². The number of nitrogens with one attached hydrogen (secondary N) is 2. The monoisotopic (exact) mass is 226 g/mol. The number of halogens is 1. The van der Waals surface area contributed by atoms with Gasteiger partial charge in [-0.25, -0.2) is 4.39 Å². The van der Waals surface area contributed by atoms with E-state index in [2.05, 4.69) is 10.6 Å². The minimum atomic E-state index is -0.904. The van der Waals surface area contributed by atoms with Crippen LogP contribution >= 0.6 is 0 Å². The second kappa shape index (κ2) is 5.82. The van der Waals surface area contributed by atoms with E-state index in [-0.39, 0.29) is 18.8 Å². The fraction of sp³-hybridized carbons (Fsp3) is 0.200. The number of carbonyl (C=O) groups excluding carboxylic acids is 2. The van der Waals surface area contributed by atoms with E-state index in [1.54, 1.807) is 0 Å². The minimum Gasteiger partial charge on any atom is -0.395 e. The molecule has 2 amide bonds. The molecule has 0 saturated heterocycles. The van der Waals surface area contributed by atoms with Gasteiger partial charge in [0.2, 0.25) is 0 Å². The third-order valence-corrected chi connectivity index (χ3v) is 1.69. The van der Waals surface area contributed by atoms with Crippen LogP contribution in [0.4, 0.5) is 10.1 Å². The average Bonchev–Trinajstić information content (AvgIpc) is 2.25. The average molecular weight is 226 g/mol. The van der Waals surface area contributed by atoms with Gasteiger partial charge in [0.25, 0.3) is 0 Å². The maximum atomic E-state index is 12.7. The second-order valence-corrected chi connectivity index (χ2v) is 2.94. The molecule has 0 spiro atoms. The number of hydrogen-bond acceptors (Lipinski definition) is 3. The third-order valence-electron chi connectivity index (χ3n) is 1.69. The van der Waals surface area contributed by atoms with Crippen molar-refractivity contribution in [2.45, 2.75) is 0 Å². The van der Waals surface area contributed by atoms with E-state index < -0.39 is 17.6 Å². The Kier molecular flexibility index (Phi) is 4.41. The lowest BCUT2D eigenvalue weighted by Gasteiger charge is -2.05. The van der Waals surface area contributed by atoms with Crippen LogP contribution in [0.5, 0.6) is 0 Å². The van der Waals surface area contributed by atoms with Gasteiger partial charge < -0.3 is 15.7 Å². The van der Waals surface area contributed by atoms with Crippen molar-refractivity contribution < 1.29 is 19.1 Å². The van der Waals surface area contributed by atoms with Gasteiger partial charge in [0.1, 0.15) is 5.82 Å². The van der Waals surface area contributed by atoms with Crippen LogP contribution in [-0.4, -0.2) is 30.1 Å². The summed E-state index contributed by atoms with van der Waals surface area (Å²) in [6, 6.07) is 5.19. The Bertz CT molecular complexity index is 395. The molecule has 1 aromatic carbocycles. The summed E-state index contributed by atoms with van der Waals surface area (Å²) < 4.78 is 12.7. The molecule has 0 fully saturated rings. The lowest BCUT2D eigenvalue weighted by Crippen LogP contribution is -2.36. The first-order valence-electron chi connectivity index (χ1n) is 4.59. The molecular formula is C10H11FN2O3. The molecule has 0 radical (unpaired) electrons. The number of anilines is 1. The molecule has 0 saturated carbocycles. The van der Waals surface area contributed by atoms with Crippen LogP contribution in [0.2, 0.25) is 0 Å². The molecule has 16 heavy (non-hydrogen) atoms. The van der Waals surface area contributed by atoms with E-state index in [4.69, 9.17) is 5.11 Å². The number of hydrogen-bond donors (Lipinski definition) is 3. The van der Waals surface area contributed by atoms with Gasteiger partial charge in [0.15, 0.2) is 0 Å². The molecule has 1 rings (SSSR count). The van der Waals surface area contributed by atoms with E-state index >= 15 is 0 Å². The molecule has 3 N–H and O–H groups in total. The summed E-state index contributed by atoms with van der Waals surface area (Å²) in [7, 11) is 0. The van der Waals surface area contributed by atoms with Crippen molar-refractivity contribution in [1.29, 1.82) is 0 Å². The van der Waals surface area contributed by atoms with E-state index in [1.165, 1.54) is 18.2 Å². The van der Waals surface area contributed by atoms with Gasteiger partial charge >= 0.3 is 11.8 Å². The first-order valence-corrected chi connectivity index (χ1v) is 4.59. The van der Waals surface area contributed by atoms with Crippen molar-refractivity contribution in [1.82, 2.24) is 5.32 Å². The molecule has 0 heterocycles. The van der Waals surface area contributed by atoms with Crippen molar-refractivity contribution in [3.8, 4) is 0 Å². The Labute approximate surface area is 91.3 Å². The molecule has 5 nitrogen and oxygen atoms in total. The maximum absolute atomic E-state index is 12.7. The number of aliphatic hydroxyl groups is 1. The molecule has 0 bridgehead atoms. The number of rotatable bonds is 3. The smallest absolute Gasteiger partial charge is 0.313 e. The summed E-state index contributed by atoms with van der Waals surface area (Å²) in [5, 5.41) is 12.8. The molecule has 86 valence electrons. The number of amides is 2. The summed E-state index contributed by atoms with van der Waals surface area (Å²) in [6.45, 7) is -0.256. The van der Waals surface area contributed by atoms with Crippen molar-refractivity contribution in [2.24, 2.45) is 0 Å². The van der Waals surface area contributed by atoms with E-state index in [1.807, 2.05) is 0 Å². The van der Waals surface area contributed by atoms with Gasteiger partial charge in [-0.15, -0.1) is 0 Å². The number of aliphatic hydroxyl groups excluding tert-OH is 1. The molecule has 0 atom stereocenters. The highest BCUT2D eigenvalue weighted by atomic mass is 19.1. The van der Waals surface area contributed by atoms with Gasteiger partial charge in [0, 0.05) is 12.2 Å². The van der Waals surface area contributed by atoms with Gasteiger partial charge in [-0.05, 0) is 18.2 Å². The van der Waals surface area contributed by atoms with Crippen molar-refractivity contribution in [3.63, 3.8) is 0 Å². The van der Waals surface area contributed by atoms with Crippen molar-refractivity contribution in [2.75, 3.05) is 18.5 Å². The van der Waals surface area contributed by atoms with Gasteiger partial charge in [-0.3, -0.25) is 9.59 Å². The Hall–Kier alpha value is -1.95. The largest absolute Gasteiger partial charge is 0.395 e. The standard InChI is InChI=1S/C10H11FN2O3/c11-7-2-1-3-8(6-7)13-10(16)9(15)12-4-5-14/h1-3,6,14H,4-5H2,(H,12,15)(H,13,16). The van der Waals surface area contributed by atoms with Gasteiger partial charge in [0.05, 0.1) is 6.61 Å². The van der Waals surface area contributed by atoms with E-state index in [9.17, 15) is 14.0 Å². The Balaban J connectivity index is 2.54. The lowest BCUT2D eigenvalue weighted by molar-refractivity contribution is -0.136. The molecule has 0 aliphatic carbocycles. The van der Waals surface area contributed by atoms with Gasteiger partial charge in [-0.1, -0.05) is 6.07 Å². The molecule has 0 unspecified atom stereocenters.